The van der Waals surface area contributed by atoms with Gasteiger partial charge in [-0.05, 0) is 30.9 Å². The molecular formula is C12H17NO. The Morgan fingerprint density at radius 1 is 1.36 bits per heavy atom. The van der Waals surface area contributed by atoms with Crippen LogP contribution < -0.4 is 4.90 Å². The van der Waals surface area contributed by atoms with Gasteiger partial charge >= 0.3 is 0 Å². The van der Waals surface area contributed by atoms with Crippen LogP contribution in [-0.4, -0.2) is 19.2 Å². The van der Waals surface area contributed by atoms with E-state index in [-0.39, 0.29) is 6.10 Å². The van der Waals surface area contributed by atoms with E-state index < -0.39 is 0 Å². The van der Waals surface area contributed by atoms with Crippen LogP contribution in [0.1, 0.15) is 30.1 Å². The smallest absolute Gasteiger partial charge is 0.0812 e. The Labute approximate surface area is 85.2 Å². The largest absolute Gasteiger partial charge is 0.388 e. The van der Waals surface area contributed by atoms with Crippen LogP contribution in [0, 0.1) is 0 Å². The summed E-state index contributed by atoms with van der Waals surface area (Å²) < 4.78 is 0. The molecule has 2 rings (SSSR count). The van der Waals surface area contributed by atoms with Crippen molar-refractivity contribution in [1.29, 1.82) is 0 Å². The Morgan fingerprint density at radius 3 is 2.86 bits per heavy atom. The quantitative estimate of drug-likeness (QED) is 0.735. The fraction of sp³-hybridized carbons (Fsp3) is 0.500. The number of aliphatic hydroxyl groups is 1. The van der Waals surface area contributed by atoms with Crippen LogP contribution in [0.5, 0.6) is 0 Å². The van der Waals surface area contributed by atoms with Crippen LogP contribution in [-0.2, 0) is 6.42 Å². The van der Waals surface area contributed by atoms with Crippen LogP contribution in [0.25, 0.3) is 0 Å². The van der Waals surface area contributed by atoms with E-state index in [4.69, 9.17) is 0 Å². The van der Waals surface area contributed by atoms with Crippen molar-refractivity contribution < 1.29 is 5.11 Å². The molecule has 1 unspecified atom stereocenters. The Morgan fingerprint density at radius 2 is 2.14 bits per heavy atom. The average molecular weight is 191 g/mol. The van der Waals surface area contributed by atoms with Gasteiger partial charge in [0, 0.05) is 25.3 Å². The molecule has 0 spiro atoms. The average Bonchev–Trinajstić information content (AvgIpc) is 2.17. The van der Waals surface area contributed by atoms with Gasteiger partial charge in [0.2, 0.25) is 0 Å². The normalized spacial score (nSPS) is 20.4. The molecule has 0 fully saturated rings. The summed E-state index contributed by atoms with van der Waals surface area (Å²) in [6.07, 6.45) is 2.84. The summed E-state index contributed by atoms with van der Waals surface area (Å²) in [7, 11) is 4.05. The second-order valence-corrected chi connectivity index (χ2v) is 4.15. The topological polar surface area (TPSA) is 23.5 Å². The van der Waals surface area contributed by atoms with Gasteiger partial charge in [0.05, 0.1) is 6.10 Å². The number of fused-ring (bicyclic) bond motifs is 1. The lowest BCUT2D eigenvalue weighted by Gasteiger charge is -2.27. The molecule has 76 valence electrons. The highest BCUT2D eigenvalue weighted by Crippen LogP contribution is 2.35. The van der Waals surface area contributed by atoms with Crippen molar-refractivity contribution in [2.45, 2.75) is 25.4 Å². The summed E-state index contributed by atoms with van der Waals surface area (Å²) in [4.78, 5) is 2.08. The lowest BCUT2D eigenvalue weighted by Crippen LogP contribution is -2.17. The number of aryl methyl sites for hydroxylation is 1. The minimum Gasteiger partial charge on any atom is -0.388 e. The molecule has 1 N–H and O–H groups in total. The van der Waals surface area contributed by atoms with E-state index in [2.05, 4.69) is 23.1 Å². The van der Waals surface area contributed by atoms with E-state index in [0.29, 0.717) is 0 Å². The highest BCUT2D eigenvalue weighted by atomic mass is 16.3. The maximum absolute atomic E-state index is 9.96. The molecule has 0 amide bonds. The van der Waals surface area contributed by atoms with Gasteiger partial charge in [0.1, 0.15) is 0 Å². The number of rotatable bonds is 1. The van der Waals surface area contributed by atoms with Crippen molar-refractivity contribution in [2.75, 3.05) is 19.0 Å². The summed E-state index contributed by atoms with van der Waals surface area (Å²) in [6, 6.07) is 6.28. The molecule has 1 aromatic carbocycles. The molecular weight excluding hydrogens is 174 g/mol. The fourth-order valence-corrected chi connectivity index (χ4v) is 2.22. The molecule has 1 aromatic rings. The zero-order valence-corrected chi connectivity index (χ0v) is 8.83. The van der Waals surface area contributed by atoms with Gasteiger partial charge < -0.3 is 10.0 Å². The second kappa shape index (κ2) is 3.62. The van der Waals surface area contributed by atoms with Gasteiger partial charge in [-0.1, -0.05) is 12.1 Å². The first kappa shape index (κ1) is 9.53. The maximum Gasteiger partial charge on any atom is 0.0812 e. The first-order valence-electron chi connectivity index (χ1n) is 5.17. The first-order valence-corrected chi connectivity index (χ1v) is 5.17. The van der Waals surface area contributed by atoms with E-state index in [1.54, 1.807) is 0 Å². The number of benzene rings is 1. The van der Waals surface area contributed by atoms with Crippen molar-refractivity contribution in [2.24, 2.45) is 0 Å². The summed E-state index contributed by atoms with van der Waals surface area (Å²) >= 11 is 0. The number of hydrogen-bond donors (Lipinski definition) is 1. The molecule has 2 heteroatoms. The standard InChI is InChI=1S/C12H17NO/c1-13(2)10-7-3-5-9-6-4-8-11(14)12(9)10/h3,5,7,11,14H,4,6,8H2,1-2H3. The Hall–Kier alpha value is -1.02. The molecule has 0 aliphatic heterocycles. The van der Waals surface area contributed by atoms with E-state index in [9.17, 15) is 5.11 Å². The van der Waals surface area contributed by atoms with Gasteiger partial charge in [-0.25, -0.2) is 0 Å². The third-order valence-corrected chi connectivity index (χ3v) is 2.91. The Bertz CT molecular complexity index is 333. The van der Waals surface area contributed by atoms with E-state index >= 15 is 0 Å². The molecule has 1 aliphatic rings. The van der Waals surface area contributed by atoms with Crippen LogP contribution >= 0.6 is 0 Å². The van der Waals surface area contributed by atoms with Gasteiger partial charge in [-0.2, -0.15) is 0 Å². The summed E-state index contributed by atoms with van der Waals surface area (Å²) in [6.45, 7) is 0. The van der Waals surface area contributed by atoms with Crippen molar-refractivity contribution >= 4 is 5.69 Å². The zero-order chi connectivity index (χ0) is 10.1. The third-order valence-electron chi connectivity index (χ3n) is 2.91. The second-order valence-electron chi connectivity index (χ2n) is 4.15. The Kier molecular flexibility index (Phi) is 2.46. The van der Waals surface area contributed by atoms with Crippen molar-refractivity contribution in [1.82, 2.24) is 0 Å². The minimum absolute atomic E-state index is 0.266. The van der Waals surface area contributed by atoms with Crippen molar-refractivity contribution in [3.05, 3.63) is 29.3 Å². The summed E-state index contributed by atoms with van der Waals surface area (Å²) in [5.41, 5.74) is 3.62. The fourth-order valence-electron chi connectivity index (χ4n) is 2.22. The monoisotopic (exact) mass is 191 g/mol. The van der Waals surface area contributed by atoms with Crippen molar-refractivity contribution in [3.8, 4) is 0 Å². The minimum atomic E-state index is -0.266. The lowest BCUT2D eigenvalue weighted by atomic mass is 9.88. The van der Waals surface area contributed by atoms with Crippen LogP contribution in [0.2, 0.25) is 0 Å². The van der Waals surface area contributed by atoms with Gasteiger partial charge in [0.25, 0.3) is 0 Å². The molecule has 0 heterocycles. The molecule has 2 nitrogen and oxygen atoms in total. The predicted molar refractivity (Wildman–Crippen MR) is 58.7 cm³/mol. The van der Waals surface area contributed by atoms with Crippen LogP contribution in [0.4, 0.5) is 5.69 Å². The highest BCUT2D eigenvalue weighted by molar-refractivity contribution is 5.57. The maximum atomic E-state index is 9.96. The molecule has 1 atom stereocenters. The Balaban J connectivity index is 2.52. The molecule has 14 heavy (non-hydrogen) atoms. The van der Waals surface area contributed by atoms with E-state index in [0.717, 1.165) is 30.5 Å². The first-order chi connectivity index (χ1) is 6.70. The number of anilines is 1. The number of hydrogen-bond acceptors (Lipinski definition) is 2. The van der Waals surface area contributed by atoms with Gasteiger partial charge in [0.15, 0.2) is 0 Å². The van der Waals surface area contributed by atoms with Gasteiger partial charge in [-0.15, -0.1) is 0 Å². The van der Waals surface area contributed by atoms with Crippen LogP contribution in [0.3, 0.4) is 0 Å². The van der Waals surface area contributed by atoms with Crippen LogP contribution in [0.15, 0.2) is 18.2 Å². The zero-order valence-electron chi connectivity index (χ0n) is 8.83. The number of aliphatic hydroxyl groups excluding tert-OH is 1. The molecule has 0 aromatic heterocycles. The molecule has 0 bridgehead atoms. The molecule has 0 radical (unpaired) electrons. The summed E-state index contributed by atoms with van der Waals surface area (Å²) in [5, 5.41) is 9.96. The molecule has 0 saturated heterocycles. The van der Waals surface area contributed by atoms with E-state index in [1.807, 2.05) is 14.1 Å². The lowest BCUT2D eigenvalue weighted by molar-refractivity contribution is 0.157. The predicted octanol–water partition coefficient (Wildman–Crippen LogP) is 2.12. The molecule has 1 aliphatic carbocycles. The molecule has 0 saturated carbocycles. The van der Waals surface area contributed by atoms with E-state index in [1.165, 1.54) is 5.56 Å². The number of nitrogens with zero attached hydrogens (tertiary/aromatic N) is 1. The highest BCUT2D eigenvalue weighted by Gasteiger charge is 2.21. The van der Waals surface area contributed by atoms with Gasteiger partial charge in [-0.3, -0.25) is 0 Å². The van der Waals surface area contributed by atoms with Crippen molar-refractivity contribution in [3.63, 3.8) is 0 Å². The SMILES string of the molecule is CN(C)c1cccc2c1C(O)CCC2. The third kappa shape index (κ3) is 1.50. The summed E-state index contributed by atoms with van der Waals surface area (Å²) in [5.74, 6) is 0.